The lowest BCUT2D eigenvalue weighted by atomic mass is 9.99. The van der Waals surface area contributed by atoms with Crippen molar-refractivity contribution >= 4 is 0 Å². The third-order valence-electron chi connectivity index (χ3n) is 3.89. The van der Waals surface area contributed by atoms with Gasteiger partial charge < -0.3 is 15.0 Å². The highest BCUT2D eigenvalue weighted by molar-refractivity contribution is 5.28. The van der Waals surface area contributed by atoms with Crippen LogP contribution in [0.15, 0.2) is 24.3 Å². The molecule has 0 spiro atoms. The fourth-order valence-corrected chi connectivity index (χ4v) is 2.67. The number of nitrogens with one attached hydrogen (secondary N) is 1. The number of likely N-dealkylation sites (N-methyl/N-ethyl adjacent to an activating group) is 1. The molecule has 0 bridgehead atoms. The molecule has 1 saturated heterocycles. The molecule has 6 heteroatoms. The smallest absolute Gasteiger partial charge is 0.416 e. The van der Waals surface area contributed by atoms with Crippen molar-refractivity contribution in [1.82, 2.24) is 10.2 Å². The Hall–Kier alpha value is -1.27. The Morgan fingerprint density at radius 2 is 2.00 bits per heavy atom. The van der Waals surface area contributed by atoms with E-state index in [2.05, 4.69) is 10.2 Å². The van der Waals surface area contributed by atoms with Gasteiger partial charge >= 0.3 is 6.18 Å². The first kappa shape index (κ1) is 17.1. The van der Waals surface area contributed by atoms with Crippen LogP contribution >= 0.6 is 0 Å². The van der Waals surface area contributed by atoms with Crippen LogP contribution in [0.5, 0.6) is 5.75 Å². The van der Waals surface area contributed by atoms with E-state index < -0.39 is 11.7 Å². The van der Waals surface area contributed by atoms with Crippen molar-refractivity contribution in [3.8, 4) is 5.75 Å². The SMILES string of the molecule is CN(CCOc1ccc(C(F)(F)F)cc1)CC1CCCNC1. The Morgan fingerprint density at radius 3 is 2.59 bits per heavy atom. The molecule has 3 nitrogen and oxygen atoms in total. The highest BCUT2D eigenvalue weighted by Gasteiger charge is 2.30. The molecule has 1 aromatic rings. The Balaban J connectivity index is 1.69. The summed E-state index contributed by atoms with van der Waals surface area (Å²) in [5.41, 5.74) is -0.651. The summed E-state index contributed by atoms with van der Waals surface area (Å²) < 4.78 is 42.9. The van der Waals surface area contributed by atoms with Gasteiger partial charge in [-0.2, -0.15) is 13.2 Å². The first-order valence-corrected chi connectivity index (χ1v) is 7.64. The second-order valence-electron chi connectivity index (χ2n) is 5.85. The van der Waals surface area contributed by atoms with Gasteiger partial charge in [-0.1, -0.05) is 0 Å². The van der Waals surface area contributed by atoms with Crippen molar-refractivity contribution in [2.24, 2.45) is 5.92 Å². The maximum absolute atomic E-state index is 12.4. The van der Waals surface area contributed by atoms with Crippen LogP contribution in [-0.4, -0.2) is 44.7 Å². The summed E-state index contributed by atoms with van der Waals surface area (Å²) in [6.07, 6.45) is -1.83. The number of halogens is 3. The van der Waals surface area contributed by atoms with Gasteiger partial charge in [0.2, 0.25) is 0 Å². The van der Waals surface area contributed by atoms with Gasteiger partial charge in [0.25, 0.3) is 0 Å². The van der Waals surface area contributed by atoms with Gasteiger partial charge in [-0.3, -0.25) is 0 Å². The number of rotatable bonds is 6. The Bertz CT molecular complexity index is 442. The van der Waals surface area contributed by atoms with E-state index in [0.29, 0.717) is 18.3 Å². The van der Waals surface area contributed by atoms with Crippen LogP contribution in [0.25, 0.3) is 0 Å². The zero-order valence-corrected chi connectivity index (χ0v) is 12.8. The van der Waals surface area contributed by atoms with Crippen molar-refractivity contribution in [3.63, 3.8) is 0 Å². The number of hydrogen-bond acceptors (Lipinski definition) is 3. The van der Waals surface area contributed by atoms with Gasteiger partial charge in [0, 0.05) is 13.1 Å². The zero-order chi connectivity index (χ0) is 16.0. The van der Waals surface area contributed by atoms with E-state index >= 15 is 0 Å². The fraction of sp³-hybridized carbons (Fsp3) is 0.625. The number of hydrogen-bond donors (Lipinski definition) is 1. The standard InChI is InChI=1S/C16H23F3N2O/c1-21(12-13-3-2-8-20-11-13)9-10-22-15-6-4-14(5-7-15)16(17,18)19/h4-7,13,20H,2-3,8-12H2,1H3. The van der Waals surface area contributed by atoms with Gasteiger partial charge in [0.15, 0.2) is 0 Å². The summed E-state index contributed by atoms with van der Waals surface area (Å²) in [7, 11) is 2.05. The zero-order valence-electron chi connectivity index (χ0n) is 12.8. The molecular formula is C16H23F3N2O. The molecule has 1 aromatic carbocycles. The van der Waals surface area contributed by atoms with Gasteiger partial charge in [0.1, 0.15) is 12.4 Å². The van der Waals surface area contributed by atoms with Gasteiger partial charge in [-0.05, 0) is 63.2 Å². The van der Waals surface area contributed by atoms with Crippen LogP contribution in [0.4, 0.5) is 13.2 Å². The van der Waals surface area contributed by atoms with Crippen molar-refractivity contribution in [2.45, 2.75) is 19.0 Å². The molecule has 0 radical (unpaired) electrons. The van der Waals surface area contributed by atoms with Crippen LogP contribution in [0.3, 0.4) is 0 Å². The van der Waals surface area contributed by atoms with E-state index in [1.54, 1.807) is 0 Å². The molecule has 0 saturated carbocycles. The fourth-order valence-electron chi connectivity index (χ4n) is 2.67. The molecule has 1 N–H and O–H groups in total. The Kier molecular flexibility index (Phi) is 6.08. The minimum absolute atomic E-state index is 0.473. The lowest BCUT2D eigenvalue weighted by Crippen LogP contribution is -2.38. The molecule has 1 aliphatic heterocycles. The van der Waals surface area contributed by atoms with Crippen molar-refractivity contribution in [2.75, 3.05) is 39.8 Å². The highest BCUT2D eigenvalue weighted by atomic mass is 19.4. The third-order valence-corrected chi connectivity index (χ3v) is 3.89. The lowest BCUT2D eigenvalue weighted by molar-refractivity contribution is -0.137. The minimum atomic E-state index is -4.30. The van der Waals surface area contributed by atoms with Gasteiger partial charge in [0.05, 0.1) is 5.56 Å². The van der Waals surface area contributed by atoms with E-state index in [4.69, 9.17) is 4.74 Å². The molecule has 1 atom stereocenters. The molecule has 1 aliphatic rings. The van der Waals surface area contributed by atoms with Crippen LogP contribution < -0.4 is 10.1 Å². The Labute approximate surface area is 129 Å². The average Bonchev–Trinajstić information content (AvgIpc) is 2.48. The van der Waals surface area contributed by atoms with E-state index in [-0.39, 0.29) is 0 Å². The first-order valence-electron chi connectivity index (χ1n) is 7.64. The Morgan fingerprint density at radius 1 is 1.27 bits per heavy atom. The summed E-state index contributed by atoms with van der Waals surface area (Å²) >= 11 is 0. The second kappa shape index (κ2) is 7.83. The number of nitrogens with zero attached hydrogens (tertiary/aromatic N) is 1. The highest BCUT2D eigenvalue weighted by Crippen LogP contribution is 2.30. The number of benzene rings is 1. The third kappa shape index (κ3) is 5.50. The molecule has 124 valence electrons. The van der Waals surface area contributed by atoms with Gasteiger partial charge in [-0.15, -0.1) is 0 Å². The average molecular weight is 316 g/mol. The predicted octanol–water partition coefficient (Wildman–Crippen LogP) is 3.02. The summed E-state index contributed by atoms with van der Waals surface area (Å²) in [5, 5.41) is 3.39. The van der Waals surface area contributed by atoms with Crippen molar-refractivity contribution in [3.05, 3.63) is 29.8 Å². The van der Waals surface area contributed by atoms with Crippen molar-refractivity contribution < 1.29 is 17.9 Å². The quantitative estimate of drug-likeness (QED) is 0.873. The normalized spacial score (nSPS) is 19.4. The molecule has 0 amide bonds. The molecule has 1 unspecified atom stereocenters. The van der Waals surface area contributed by atoms with E-state index in [1.807, 2.05) is 7.05 Å². The minimum Gasteiger partial charge on any atom is -0.492 e. The maximum atomic E-state index is 12.4. The summed E-state index contributed by atoms with van der Waals surface area (Å²) in [5.74, 6) is 1.14. The summed E-state index contributed by atoms with van der Waals surface area (Å²) in [4.78, 5) is 2.21. The molecular weight excluding hydrogens is 293 g/mol. The largest absolute Gasteiger partial charge is 0.492 e. The van der Waals surface area contributed by atoms with Crippen molar-refractivity contribution in [1.29, 1.82) is 0 Å². The molecule has 0 aliphatic carbocycles. The maximum Gasteiger partial charge on any atom is 0.416 e. The van der Waals surface area contributed by atoms with E-state index in [1.165, 1.54) is 25.0 Å². The van der Waals surface area contributed by atoms with Crippen LogP contribution in [0.1, 0.15) is 18.4 Å². The lowest BCUT2D eigenvalue weighted by Gasteiger charge is -2.27. The molecule has 1 fully saturated rings. The van der Waals surface area contributed by atoms with Gasteiger partial charge in [-0.25, -0.2) is 0 Å². The molecule has 22 heavy (non-hydrogen) atoms. The van der Waals surface area contributed by atoms with E-state index in [0.717, 1.165) is 38.3 Å². The first-order chi connectivity index (χ1) is 10.4. The molecule has 2 rings (SSSR count). The number of ether oxygens (including phenoxy) is 1. The topological polar surface area (TPSA) is 24.5 Å². The van der Waals surface area contributed by atoms with Crippen LogP contribution in [0, 0.1) is 5.92 Å². The predicted molar refractivity (Wildman–Crippen MR) is 80.0 cm³/mol. The van der Waals surface area contributed by atoms with Crippen LogP contribution in [-0.2, 0) is 6.18 Å². The molecule has 0 aromatic heterocycles. The number of alkyl halides is 3. The summed E-state index contributed by atoms with van der Waals surface area (Å²) in [6.45, 7) is 4.42. The monoisotopic (exact) mass is 316 g/mol. The second-order valence-corrected chi connectivity index (χ2v) is 5.85. The molecule has 1 heterocycles. The van der Waals surface area contributed by atoms with E-state index in [9.17, 15) is 13.2 Å². The van der Waals surface area contributed by atoms with Crippen LogP contribution in [0.2, 0.25) is 0 Å². The summed E-state index contributed by atoms with van der Waals surface area (Å²) in [6, 6.07) is 4.83. The number of piperidine rings is 1.